The van der Waals surface area contributed by atoms with E-state index in [-0.39, 0.29) is 43.3 Å². The average molecular weight is 549 g/mol. The summed E-state index contributed by atoms with van der Waals surface area (Å²) in [5.74, 6) is -0.250. The summed E-state index contributed by atoms with van der Waals surface area (Å²) >= 11 is 1.04. The molecule has 0 aliphatic rings. The van der Waals surface area contributed by atoms with Crippen molar-refractivity contribution in [1.82, 2.24) is 24.2 Å². The molecule has 0 spiro atoms. The zero-order valence-corrected chi connectivity index (χ0v) is 20.5. The summed E-state index contributed by atoms with van der Waals surface area (Å²) < 4.78 is 84.5. The summed E-state index contributed by atoms with van der Waals surface area (Å²) in [6.45, 7) is 1.89. The fraction of sp³-hybridized carbons (Fsp3) is 0.409. The van der Waals surface area contributed by atoms with Crippen LogP contribution >= 0.6 is 11.5 Å². The van der Waals surface area contributed by atoms with Gasteiger partial charge in [-0.05, 0) is 31.6 Å². The lowest BCUT2D eigenvalue weighted by molar-refractivity contribution is -0.141. The minimum atomic E-state index is -4.60. The van der Waals surface area contributed by atoms with E-state index in [0.717, 1.165) is 17.7 Å². The maximum absolute atomic E-state index is 12.9. The monoisotopic (exact) mass is 548 g/mol. The molecule has 1 amide bonds. The van der Waals surface area contributed by atoms with Crippen molar-refractivity contribution in [1.29, 1.82) is 0 Å². The van der Waals surface area contributed by atoms with Gasteiger partial charge in [-0.2, -0.15) is 30.7 Å². The van der Waals surface area contributed by atoms with Crippen molar-refractivity contribution in [2.75, 3.05) is 32.1 Å². The number of pyridine rings is 1. The molecule has 3 rings (SSSR count). The number of halogens is 6. The van der Waals surface area contributed by atoms with E-state index in [1.807, 2.05) is 0 Å². The van der Waals surface area contributed by atoms with Crippen LogP contribution in [0.1, 0.15) is 38.7 Å². The van der Waals surface area contributed by atoms with E-state index in [1.54, 1.807) is 20.0 Å². The molecule has 0 atom stereocenters. The summed E-state index contributed by atoms with van der Waals surface area (Å²) in [6.07, 6.45) is -6.65. The van der Waals surface area contributed by atoms with E-state index >= 15 is 0 Å². The SMILES string of the molecule is Cc1nsc(Cc2cnc(C(F)(F)F)cn2)c1C(=O)Nc1ccc(OCCN(C)CCC(F)(F)F)nc1. The van der Waals surface area contributed by atoms with E-state index < -0.39 is 30.4 Å². The number of nitrogens with one attached hydrogen (secondary N) is 1. The third kappa shape index (κ3) is 8.63. The van der Waals surface area contributed by atoms with Gasteiger partial charge in [0, 0.05) is 36.7 Å². The molecule has 0 radical (unpaired) electrons. The molecule has 0 aromatic carbocycles. The number of amides is 1. The Kier molecular flexibility index (Phi) is 9.02. The molecule has 0 bridgehead atoms. The smallest absolute Gasteiger partial charge is 0.434 e. The third-order valence-electron chi connectivity index (χ3n) is 4.99. The highest BCUT2D eigenvalue weighted by atomic mass is 32.1. The first kappa shape index (κ1) is 28.2. The van der Waals surface area contributed by atoms with Crippen LogP contribution in [-0.2, 0) is 12.6 Å². The summed E-state index contributed by atoms with van der Waals surface area (Å²) in [4.78, 5) is 26.1. The molecule has 0 aliphatic carbocycles. The molecule has 200 valence electrons. The van der Waals surface area contributed by atoms with Crippen LogP contribution in [0.5, 0.6) is 5.88 Å². The fourth-order valence-corrected chi connectivity index (χ4v) is 3.94. The Bertz CT molecular complexity index is 1180. The molecule has 0 saturated heterocycles. The lowest BCUT2D eigenvalue weighted by atomic mass is 10.1. The van der Waals surface area contributed by atoms with Crippen LogP contribution in [0.25, 0.3) is 0 Å². The number of carbonyl (C=O) groups excluding carboxylic acids is 1. The molecular formula is C22H22F6N6O2S. The fourth-order valence-electron chi connectivity index (χ4n) is 3.05. The normalized spacial score (nSPS) is 12.1. The third-order valence-corrected chi connectivity index (χ3v) is 5.93. The molecular weight excluding hydrogens is 526 g/mol. The van der Waals surface area contributed by atoms with Gasteiger partial charge in [0.15, 0.2) is 5.69 Å². The molecule has 0 unspecified atom stereocenters. The zero-order chi connectivity index (χ0) is 27.2. The van der Waals surface area contributed by atoms with Gasteiger partial charge >= 0.3 is 12.4 Å². The first-order valence-electron chi connectivity index (χ1n) is 10.8. The number of aromatic nitrogens is 4. The standard InChI is InChI=1S/C22H22F6N6O2S/c1-13-19(16(37-33-13)9-15-11-30-17(12-29-15)22(26,27)28)20(35)32-14-3-4-18(31-10-14)36-8-7-34(2)6-5-21(23,24)25/h3-4,10-12H,5-9H2,1-2H3,(H,32,35). The van der Waals surface area contributed by atoms with E-state index in [2.05, 4.69) is 24.6 Å². The van der Waals surface area contributed by atoms with Crippen LogP contribution in [0.3, 0.4) is 0 Å². The predicted octanol–water partition coefficient (Wildman–Crippen LogP) is 4.76. The number of ether oxygens (including phenoxy) is 1. The maximum Gasteiger partial charge on any atom is 0.434 e. The van der Waals surface area contributed by atoms with Gasteiger partial charge < -0.3 is 15.0 Å². The van der Waals surface area contributed by atoms with Gasteiger partial charge in [0.1, 0.15) is 6.61 Å². The second-order valence-corrected chi connectivity index (χ2v) is 8.85. The van der Waals surface area contributed by atoms with Gasteiger partial charge in [-0.1, -0.05) is 0 Å². The Morgan fingerprint density at radius 1 is 1.05 bits per heavy atom. The van der Waals surface area contributed by atoms with Gasteiger partial charge in [-0.15, -0.1) is 0 Å². The largest absolute Gasteiger partial charge is 0.476 e. The summed E-state index contributed by atoms with van der Waals surface area (Å²) in [5, 5.41) is 2.68. The molecule has 1 N–H and O–H groups in total. The molecule has 3 aromatic rings. The van der Waals surface area contributed by atoms with E-state index in [0.29, 0.717) is 22.5 Å². The molecule has 0 saturated carbocycles. The summed E-state index contributed by atoms with van der Waals surface area (Å²) in [7, 11) is 1.56. The van der Waals surface area contributed by atoms with Crippen molar-refractivity contribution in [3.8, 4) is 5.88 Å². The first-order valence-corrected chi connectivity index (χ1v) is 11.6. The lowest BCUT2D eigenvalue weighted by Crippen LogP contribution is -2.28. The summed E-state index contributed by atoms with van der Waals surface area (Å²) in [5.41, 5.74) is 0.209. The minimum absolute atomic E-state index is 0.0713. The zero-order valence-electron chi connectivity index (χ0n) is 19.7. The molecule has 3 heterocycles. The van der Waals surface area contributed by atoms with Crippen molar-refractivity contribution >= 4 is 23.1 Å². The Labute approximate surface area is 211 Å². The lowest BCUT2D eigenvalue weighted by Gasteiger charge is -2.17. The van der Waals surface area contributed by atoms with Gasteiger partial charge in [0.2, 0.25) is 5.88 Å². The Morgan fingerprint density at radius 2 is 1.81 bits per heavy atom. The second-order valence-electron chi connectivity index (χ2n) is 7.99. The van der Waals surface area contributed by atoms with Crippen molar-refractivity contribution < 1.29 is 35.9 Å². The molecule has 0 aliphatic heterocycles. The number of nitrogens with zero attached hydrogens (tertiary/aromatic N) is 5. The Balaban J connectivity index is 1.55. The van der Waals surface area contributed by atoms with E-state index in [9.17, 15) is 31.1 Å². The highest BCUT2D eigenvalue weighted by molar-refractivity contribution is 7.06. The number of rotatable bonds is 10. The topological polar surface area (TPSA) is 93.1 Å². The first-order chi connectivity index (χ1) is 17.3. The number of likely N-dealkylation sites (N-methyl/N-ethyl adjacent to an activating group) is 1. The Hall–Kier alpha value is -3.33. The van der Waals surface area contributed by atoms with E-state index in [1.165, 1.54) is 17.2 Å². The van der Waals surface area contributed by atoms with Crippen LogP contribution < -0.4 is 10.1 Å². The number of aryl methyl sites for hydroxylation is 1. The highest BCUT2D eigenvalue weighted by Crippen LogP contribution is 2.27. The number of anilines is 1. The quantitative estimate of drug-likeness (QED) is 0.365. The molecule has 0 fully saturated rings. The van der Waals surface area contributed by atoms with Crippen molar-refractivity contribution in [2.45, 2.75) is 32.1 Å². The van der Waals surface area contributed by atoms with Gasteiger partial charge in [-0.25, -0.2) is 9.97 Å². The van der Waals surface area contributed by atoms with Crippen molar-refractivity contribution in [2.24, 2.45) is 0 Å². The van der Waals surface area contributed by atoms with Crippen LogP contribution in [0.2, 0.25) is 0 Å². The van der Waals surface area contributed by atoms with Gasteiger partial charge in [-0.3, -0.25) is 9.78 Å². The molecule has 15 heteroatoms. The average Bonchev–Trinajstić information content (AvgIpc) is 3.18. The van der Waals surface area contributed by atoms with Crippen LogP contribution in [0.15, 0.2) is 30.7 Å². The molecule has 37 heavy (non-hydrogen) atoms. The van der Waals surface area contributed by atoms with E-state index in [4.69, 9.17) is 4.74 Å². The Morgan fingerprint density at radius 3 is 2.41 bits per heavy atom. The summed E-state index contributed by atoms with van der Waals surface area (Å²) in [6, 6.07) is 3.05. The number of carbonyl (C=O) groups is 1. The van der Waals surface area contributed by atoms with Crippen LogP contribution in [0.4, 0.5) is 32.0 Å². The van der Waals surface area contributed by atoms with Gasteiger partial charge in [0.05, 0.1) is 41.5 Å². The van der Waals surface area contributed by atoms with Crippen molar-refractivity contribution in [3.63, 3.8) is 0 Å². The van der Waals surface area contributed by atoms with Crippen molar-refractivity contribution in [3.05, 3.63) is 58.2 Å². The second kappa shape index (κ2) is 11.8. The number of alkyl halides is 6. The molecule has 3 aromatic heterocycles. The number of hydrogen-bond acceptors (Lipinski definition) is 8. The highest BCUT2D eigenvalue weighted by Gasteiger charge is 2.33. The number of hydrogen-bond donors (Lipinski definition) is 1. The molecule has 8 nitrogen and oxygen atoms in total. The van der Waals surface area contributed by atoms with Crippen LogP contribution in [-0.4, -0.2) is 63.1 Å². The predicted molar refractivity (Wildman–Crippen MR) is 123 cm³/mol. The minimum Gasteiger partial charge on any atom is -0.476 e. The maximum atomic E-state index is 12.9. The van der Waals surface area contributed by atoms with Gasteiger partial charge in [0.25, 0.3) is 5.91 Å². The van der Waals surface area contributed by atoms with Crippen LogP contribution in [0, 0.1) is 6.92 Å².